The van der Waals surface area contributed by atoms with Gasteiger partial charge in [-0.05, 0) is 55.1 Å². The summed E-state index contributed by atoms with van der Waals surface area (Å²) in [7, 11) is -3.35. The van der Waals surface area contributed by atoms with Crippen LogP contribution < -0.4 is 0 Å². The lowest BCUT2D eigenvalue weighted by Crippen LogP contribution is -2.45. The first-order valence-electron chi connectivity index (χ1n) is 9.79. The molecular formula is C21H38O2Si2. The standard InChI is InChI=1S/C21H38O2Si2/c1-14-11-16(15(2)23-25(9,10)21(3,4)5)12-17-13-18(22)20(19(14)17)24(6,7)8/h11,15-17H,12-13H2,1-10H3/t15-,16-,17+/m0/s1. The van der Waals surface area contributed by atoms with Crippen LogP contribution >= 0.6 is 0 Å². The first-order valence-corrected chi connectivity index (χ1v) is 16.2. The highest BCUT2D eigenvalue weighted by Crippen LogP contribution is 2.47. The molecule has 0 aromatic carbocycles. The fraction of sp³-hybridized carbons (Fsp3) is 0.762. The number of rotatable bonds is 4. The predicted octanol–water partition coefficient (Wildman–Crippen LogP) is 6.13. The molecule has 2 aliphatic carbocycles. The molecule has 0 aliphatic heterocycles. The van der Waals surface area contributed by atoms with Gasteiger partial charge in [-0.25, -0.2) is 0 Å². The molecule has 2 nitrogen and oxygen atoms in total. The van der Waals surface area contributed by atoms with Gasteiger partial charge in [0.1, 0.15) is 0 Å². The van der Waals surface area contributed by atoms with Crippen LogP contribution in [0.3, 0.4) is 0 Å². The van der Waals surface area contributed by atoms with Gasteiger partial charge in [-0.2, -0.15) is 0 Å². The van der Waals surface area contributed by atoms with Gasteiger partial charge in [0.15, 0.2) is 14.1 Å². The van der Waals surface area contributed by atoms with Gasteiger partial charge >= 0.3 is 0 Å². The number of hydrogen-bond acceptors (Lipinski definition) is 2. The minimum absolute atomic E-state index is 0.225. The van der Waals surface area contributed by atoms with E-state index in [2.05, 4.69) is 73.4 Å². The maximum absolute atomic E-state index is 12.7. The van der Waals surface area contributed by atoms with E-state index in [-0.39, 0.29) is 11.1 Å². The molecule has 4 heteroatoms. The smallest absolute Gasteiger partial charge is 0.192 e. The monoisotopic (exact) mass is 378 g/mol. The van der Waals surface area contributed by atoms with Crippen molar-refractivity contribution in [2.45, 2.75) is 91.3 Å². The van der Waals surface area contributed by atoms with Gasteiger partial charge < -0.3 is 4.43 Å². The minimum atomic E-state index is -1.77. The van der Waals surface area contributed by atoms with Crippen LogP contribution in [-0.4, -0.2) is 28.3 Å². The van der Waals surface area contributed by atoms with Crippen LogP contribution in [0.2, 0.25) is 37.8 Å². The molecule has 0 saturated carbocycles. The van der Waals surface area contributed by atoms with Crippen molar-refractivity contribution in [1.29, 1.82) is 0 Å². The summed E-state index contributed by atoms with van der Waals surface area (Å²) in [5.74, 6) is 1.27. The molecule has 0 spiro atoms. The molecule has 0 radical (unpaired) electrons. The highest BCUT2D eigenvalue weighted by atomic mass is 28.4. The van der Waals surface area contributed by atoms with Crippen LogP contribution in [0.5, 0.6) is 0 Å². The second-order valence-corrected chi connectivity index (χ2v) is 20.5. The number of allylic oxidation sites excluding steroid dienone is 3. The second-order valence-electron chi connectivity index (χ2n) is 10.7. The van der Waals surface area contributed by atoms with Crippen LogP contribution in [0.4, 0.5) is 0 Å². The zero-order valence-electron chi connectivity index (χ0n) is 18.0. The van der Waals surface area contributed by atoms with Crippen LogP contribution in [-0.2, 0) is 9.22 Å². The van der Waals surface area contributed by atoms with Gasteiger partial charge in [0, 0.05) is 18.4 Å². The summed E-state index contributed by atoms with van der Waals surface area (Å²) >= 11 is 0. The van der Waals surface area contributed by atoms with Crippen molar-refractivity contribution in [2.24, 2.45) is 11.8 Å². The lowest BCUT2D eigenvalue weighted by Gasteiger charge is -2.41. The van der Waals surface area contributed by atoms with Crippen LogP contribution in [0.15, 0.2) is 22.4 Å². The van der Waals surface area contributed by atoms with Crippen molar-refractivity contribution in [3.05, 3.63) is 22.4 Å². The topological polar surface area (TPSA) is 26.3 Å². The lowest BCUT2D eigenvalue weighted by atomic mass is 9.78. The van der Waals surface area contributed by atoms with Crippen molar-refractivity contribution in [3.63, 3.8) is 0 Å². The van der Waals surface area contributed by atoms with Gasteiger partial charge in [0.05, 0.1) is 8.07 Å². The maximum atomic E-state index is 12.7. The van der Waals surface area contributed by atoms with E-state index in [4.69, 9.17) is 4.43 Å². The number of carbonyl (C=O) groups excluding carboxylic acids is 1. The fourth-order valence-electron chi connectivity index (χ4n) is 4.19. The lowest BCUT2D eigenvalue weighted by molar-refractivity contribution is -0.115. The Morgan fingerprint density at radius 2 is 1.72 bits per heavy atom. The third-order valence-electron chi connectivity index (χ3n) is 6.47. The Hall–Kier alpha value is -0.456. The average molecular weight is 379 g/mol. The van der Waals surface area contributed by atoms with Crippen molar-refractivity contribution in [2.75, 3.05) is 0 Å². The van der Waals surface area contributed by atoms with E-state index in [9.17, 15) is 4.79 Å². The number of hydrogen-bond donors (Lipinski definition) is 0. The third-order valence-corrected chi connectivity index (χ3v) is 13.1. The Morgan fingerprint density at radius 3 is 2.20 bits per heavy atom. The quantitative estimate of drug-likeness (QED) is 0.550. The molecule has 0 saturated heterocycles. The summed E-state index contributed by atoms with van der Waals surface area (Å²) < 4.78 is 6.66. The van der Waals surface area contributed by atoms with Gasteiger partial charge in [0.25, 0.3) is 0 Å². The zero-order chi connectivity index (χ0) is 19.4. The maximum Gasteiger partial charge on any atom is 0.192 e. The molecule has 0 amide bonds. The molecule has 0 bridgehead atoms. The van der Waals surface area contributed by atoms with Crippen LogP contribution in [0, 0.1) is 11.8 Å². The summed E-state index contributed by atoms with van der Waals surface area (Å²) in [6.07, 6.45) is 4.43. The third kappa shape index (κ3) is 4.11. The van der Waals surface area contributed by atoms with E-state index in [0.717, 1.165) is 12.8 Å². The normalized spacial score (nSPS) is 26.6. The summed E-state index contributed by atoms with van der Waals surface area (Å²) in [4.78, 5) is 12.7. The Labute approximate surface area is 157 Å². The molecule has 2 rings (SSSR count). The number of ketones is 1. The van der Waals surface area contributed by atoms with E-state index in [1.54, 1.807) is 0 Å². The fourth-order valence-corrected chi connectivity index (χ4v) is 7.79. The van der Waals surface area contributed by atoms with E-state index in [1.807, 2.05) is 0 Å². The molecule has 0 unspecified atom stereocenters. The second kappa shape index (κ2) is 6.61. The van der Waals surface area contributed by atoms with Gasteiger partial charge in [-0.15, -0.1) is 0 Å². The first kappa shape index (κ1) is 20.9. The van der Waals surface area contributed by atoms with Crippen molar-refractivity contribution in [1.82, 2.24) is 0 Å². The first-order chi connectivity index (χ1) is 11.1. The summed E-state index contributed by atoms with van der Waals surface area (Å²) in [5.41, 5.74) is 2.75. The molecule has 0 heterocycles. The van der Waals surface area contributed by atoms with Crippen molar-refractivity contribution >= 4 is 22.2 Å². The van der Waals surface area contributed by atoms with E-state index < -0.39 is 16.4 Å². The highest BCUT2D eigenvalue weighted by Gasteiger charge is 2.44. The minimum Gasteiger partial charge on any atom is -0.414 e. The summed E-state index contributed by atoms with van der Waals surface area (Å²) in [5, 5.41) is 1.44. The number of carbonyl (C=O) groups is 1. The van der Waals surface area contributed by atoms with Gasteiger partial charge in [0.2, 0.25) is 0 Å². The van der Waals surface area contributed by atoms with Crippen molar-refractivity contribution < 1.29 is 9.22 Å². The largest absolute Gasteiger partial charge is 0.414 e. The van der Waals surface area contributed by atoms with Crippen LogP contribution in [0.25, 0.3) is 0 Å². The average Bonchev–Trinajstić information content (AvgIpc) is 2.73. The molecule has 0 aromatic rings. The zero-order valence-corrected chi connectivity index (χ0v) is 20.0. The van der Waals surface area contributed by atoms with E-state index in [0.29, 0.717) is 17.6 Å². The van der Waals surface area contributed by atoms with Crippen molar-refractivity contribution in [3.8, 4) is 0 Å². The Kier molecular flexibility index (Phi) is 5.51. The molecular weight excluding hydrogens is 340 g/mol. The molecule has 0 aromatic heterocycles. The molecule has 25 heavy (non-hydrogen) atoms. The molecule has 142 valence electrons. The SMILES string of the molecule is CC1=C[C@H]([C@H](C)O[Si](C)(C)C(C)(C)C)C[C@@H]2CC(=O)C([Si](C)(C)C)=C12. The summed E-state index contributed by atoms with van der Waals surface area (Å²) in [6, 6.07) is 0. The number of Topliss-reactive ketones (excluding diaryl/α,β-unsaturated/α-hetero) is 1. The molecule has 0 fully saturated rings. The van der Waals surface area contributed by atoms with E-state index in [1.165, 1.54) is 16.3 Å². The number of fused-ring (bicyclic) bond motifs is 1. The molecule has 3 atom stereocenters. The van der Waals surface area contributed by atoms with Crippen LogP contribution in [0.1, 0.15) is 47.5 Å². The predicted molar refractivity (Wildman–Crippen MR) is 113 cm³/mol. The Balaban J connectivity index is 2.28. The molecule has 0 N–H and O–H groups in total. The Morgan fingerprint density at radius 1 is 1.16 bits per heavy atom. The molecule has 2 aliphatic rings. The summed E-state index contributed by atoms with van der Waals surface area (Å²) in [6.45, 7) is 22.9. The van der Waals surface area contributed by atoms with Gasteiger partial charge in [-0.3, -0.25) is 4.79 Å². The van der Waals surface area contributed by atoms with Gasteiger partial charge in [-0.1, -0.05) is 52.1 Å². The highest BCUT2D eigenvalue weighted by molar-refractivity contribution is 6.87. The Bertz CT molecular complexity index is 615. The van der Waals surface area contributed by atoms with E-state index >= 15 is 0 Å².